The first kappa shape index (κ1) is 32.8. The molecule has 2 heterocycles. The molecule has 2 aromatic rings. The maximum absolute atomic E-state index is 12.7. The minimum absolute atomic E-state index is 0.0272. The third-order valence-corrected chi connectivity index (χ3v) is 8.90. The molecule has 0 fully saturated rings. The second-order valence-corrected chi connectivity index (χ2v) is 13.5. The van der Waals surface area contributed by atoms with E-state index in [4.69, 9.17) is 23.7 Å². The van der Waals surface area contributed by atoms with Gasteiger partial charge in [-0.1, -0.05) is 52.8 Å². The highest BCUT2D eigenvalue weighted by atomic mass is 16.7. The third kappa shape index (κ3) is 7.36. The Morgan fingerprint density at radius 3 is 2.42 bits per heavy atom. The molecule has 236 valence electrons. The molecule has 7 heteroatoms. The van der Waals surface area contributed by atoms with Crippen molar-refractivity contribution in [3.63, 3.8) is 0 Å². The van der Waals surface area contributed by atoms with Crippen molar-refractivity contribution in [3.8, 4) is 11.5 Å². The Bertz CT molecular complexity index is 1300. The van der Waals surface area contributed by atoms with E-state index in [0.29, 0.717) is 44.0 Å². The quantitative estimate of drug-likeness (QED) is 0.184. The topological polar surface area (TPSA) is 80.3 Å². The minimum atomic E-state index is -1.02. The van der Waals surface area contributed by atoms with E-state index in [-0.39, 0.29) is 34.8 Å². The molecule has 0 aromatic heterocycles. The summed E-state index contributed by atoms with van der Waals surface area (Å²) in [7, 11) is 0. The summed E-state index contributed by atoms with van der Waals surface area (Å²) in [5.74, 6) is -0.00875. The molecule has 1 spiro atoms. The van der Waals surface area contributed by atoms with Crippen LogP contribution in [0.25, 0.3) is 0 Å². The van der Waals surface area contributed by atoms with Gasteiger partial charge in [-0.05, 0) is 81.2 Å². The highest BCUT2D eigenvalue weighted by molar-refractivity contribution is 5.91. The molecule has 7 nitrogen and oxygen atoms in total. The van der Waals surface area contributed by atoms with E-state index < -0.39 is 5.79 Å². The summed E-state index contributed by atoms with van der Waals surface area (Å²) >= 11 is 0. The first-order chi connectivity index (χ1) is 20.3. The summed E-state index contributed by atoms with van der Waals surface area (Å²) in [5, 5.41) is 0. The highest BCUT2D eigenvalue weighted by Gasteiger charge is 2.55. The van der Waals surface area contributed by atoms with Crippen LogP contribution >= 0.6 is 0 Å². The Kier molecular flexibility index (Phi) is 10.2. The van der Waals surface area contributed by atoms with E-state index in [2.05, 4.69) is 33.8 Å². The molecule has 4 rings (SSSR count). The predicted octanol–water partition coefficient (Wildman–Crippen LogP) is 7.73. The number of carbonyl (C=O) groups is 2. The van der Waals surface area contributed by atoms with Crippen LogP contribution in [-0.4, -0.2) is 43.7 Å². The maximum Gasteiger partial charge on any atom is 0.338 e. The summed E-state index contributed by atoms with van der Waals surface area (Å²) in [6.07, 6.45) is 4.23. The molecule has 0 radical (unpaired) electrons. The van der Waals surface area contributed by atoms with Crippen molar-refractivity contribution >= 4 is 11.9 Å². The number of hydrogen-bond acceptors (Lipinski definition) is 7. The summed E-state index contributed by atoms with van der Waals surface area (Å²) < 4.78 is 30.8. The van der Waals surface area contributed by atoms with Gasteiger partial charge in [-0.3, -0.25) is 4.79 Å². The van der Waals surface area contributed by atoms with E-state index >= 15 is 0 Å². The van der Waals surface area contributed by atoms with Crippen LogP contribution < -0.4 is 9.47 Å². The van der Waals surface area contributed by atoms with Crippen molar-refractivity contribution in [3.05, 3.63) is 58.7 Å². The van der Waals surface area contributed by atoms with Crippen molar-refractivity contribution in [2.45, 2.75) is 111 Å². The summed E-state index contributed by atoms with van der Waals surface area (Å²) in [6, 6.07) is 11.9. The Morgan fingerprint density at radius 2 is 1.72 bits per heavy atom. The maximum atomic E-state index is 12.7. The minimum Gasteiger partial charge on any atom is -0.466 e. The fourth-order valence-corrected chi connectivity index (χ4v) is 6.66. The molecule has 0 saturated heterocycles. The molecule has 2 aromatic carbocycles. The van der Waals surface area contributed by atoms with Gasteiger partial charge in [0.1, 0.15) is 17.6 Å². The average Bonchev–Trinajstić information content (AvgIpc) is 2.93. The lowest BCUT2D eigenvalue weighted by Gasteiger charge is -2.50. The molecule has 0 bridgehead atoms. The lowest BCUT2D eigenvalue weighted by atomic mass is 9.73. The van der Waals surface area contributed by atoms with Gasteiger partial charge in [0.25, 0.3) is 5.79 Å². The van der Waals surface area contributed by atoms with Gasteiger partial charge in [0.15, 0.2) is 0 Å². The zero-order chi connectivity index (χ0) is 31.4. The molecule has 3 atom stereocenters. The molecule has 0 N–H and O–H groups in total. The van der Waals surface area contributed by atoms with Gasteiger partial charge < -0.3 is 23.7 Å². The smallest absolute Gasteiger partial charge is 0.338 e. The van der Waals surface area contributed by atoms with Crippen LogP contribution in [0.2, 0.25) is 0 Å². The standard InChI is InChI=1S/C36H50O7/c1-9-25(32(37)39-10-2)22-34(5,6)17-14-18-41-31-20-26-15-12-13-16-29(26)42-36(31)23-35(7,8)28-21-27(33(38)40-11-3)24(4)19-30(28)43-36/h12-13,15-16,19,21,25,31H,9-11,14,17-18,20,22-23H2,1-8H3. The summed E-state index contributed by atoms with van der Waals surface area (Å²) in [6.45, 7) is 17.7. The van der Waals surface area contributed by atoms with Crippen LogP contribution in [0.4, 0.5) is 0 Å². The second kappa shape index (κ2) is 13.3. The highest BCUT2D eigenvalue weighted by Crippen LogP contribution is 2.50. The van der Waals surface area contributed by atoms with Gasteiger partial charge >= 0.3 is 11.9 Å². The van der Waals surface area contributed by atoms with E-state index in [1.54, 1.807) is 0 Å². The van der Waals surface area contributed by atoms with Crippen LogP contribution in [0.15, 0.2) is 36.4 Å². The van der Waals surface area contributed by atoms with Crippen molar-refractivity contribution in [2.75, 3.05) is 19.8 Å². The van der Waals surface area contributed by atoms with E-state index in [1.807, 2.05) is 58.0 Å². The number of hydrogen-bond donors (Lipinski definition) is 0. The fraction of sp³-hybridized carbons (Fsp3) is 0.611. The largest absolute Gasteiger partial charge is 0.466 e. The van der Waals surface area contributed by atoms with Gasteiger partial charge in [-0.25, -0.2) is 4.79 Å². The van der Waals surface area contributed by atoms with Crippen LogP contribution in [0.3, 0.4) is 0 Å². The van der Waals surface area contributed by atoms with Crippen molar-refractivity contribution in [1.29, 1.82) is 0 Å². The van der Waals surface area contributed by atoms with Gasteiger partial charge in [-0.15, -0.1) is 0 Å². The lowest BCUT2D eigenvalue weighted by Crippen LogP contribution is -2.61. The zero-order valence-corrected chi connectivity index (χ0v) is 27.3. The molecule has 2 aliphatic rings. The monoisotopic (exact) mass is 594 g/mol. The number of aryl methyl sites for hydroxylation is 1. The molecule has 0 saturated carbocycles. The number of rotatable bonds is 12. The van der Waals surface area contributed by atoms with Crippen molar-refractivity contribution < 1.29 is 33.3 Å². The lowest BCUT2D eigenvalue weighted by molar-refractivity contribution is -0.229. The van der Waals surface area contributed by atoms with Crippen LogP contribution in [0.1, 0.15) is 108 Å². The Morgan fingerprint density at radius 1 is 1.02 bits per heavy atom. The summed E-state index contributed by atoms with van der Waals surface area (Å²) in [5.41, 5.74) is 3.03. The third-order valence-electron chi connectivity index (χ3n) is 8.90. The normalized spacial score (nSPS) is 21.2. The molecular formula is C36H50O7. The zero-order valence-electron chi connectivity index (χ0n) is 27.3. The van der Waals surface area contributed by atoms with Crippen LogP contribution in [0, 0.1) is 18.3 Å². The Balaban J connectivity index is 1.54. The van der Waals surface area contributed by atoms with Crippen LogP contribution in [0.5, 0.6) is 11.5 Å². The van der Waals surface area contributed by atoms with Crippen molar-refractivity contribution in [2.24, 2.45) is 11.3 Å². The van der Waals surface area contributed by atoms with Gasteiger partial charge in [0.05, 0.1) is 24.7 Å². The van der Waals surface area contributed by atoms with E-state index in [0.717, 1.165) is 48.1 Å². The fourth-order valence-electron chi connectivity index (χ4n) is 6.66. The Hall–Kier alpha value is -3.06. The number of fused-ring (bicyclic) bond motifs is 2. The number of benzene rings is 2. The number of esters is 2. The molecule has 0 aliphatic carbocycles. The first-order valence-corrected chi connectivity index (χ1v) is 15.9. The molecule has 3 unspecified atom stereocenters. The number of ether oxygens (including phenoxy) is 5. The van der Waals surface area contributed by atoms with Crippen molar-refractivity contribution in [1.82, 2.24) is 0 Å². The van der Waals surface area contributed by atoms with E-state index in [9.17, 15) is 9.59 Å². The molecule has 0 amide bonds. The van der Waals surface area contributed by atoms with Gasteiger partial charge in [0, 0.05) is 30.4 Å². The first-order valence-electron chi connectivity index (χ1n) is 15.9. The van der Waals surface area contributed by atoms with E-state index in [1.165, 1.54) is 0 Å². The number of para-hydroxylation sites is 1. The molecular weight excluding hydrogens is 544 g/mol. The summed E-state index contributed by atoms with van der Waals surface area (Å²) in [4.78, 5) is 25.1. The second-order valence-electron chi connectivity index (χ2n) is 13.5. The van der Waals surface area contributed by atoms with Gasteiger partial charge in [0.2, 0.25) is 0 Å². The Labute approximate surface area is 257 Å². The van der Waals surface area contributed by atoms with Crippen LogP contribution in [-0.2, 0) is 30.8 Å². The molecule has 43 heavy (non-hydrogen) atoms. The van der Waals surface area contributed by atoms with Gasteiger partial charge in [-0.2, -0.15) is 0 Å². The average molecular weight is 595 g/mol. The SMILES string of the molecule is CCOC(=O)c1cc2c(cc1C)OC1(CC2(C)C)Oc2ccccc2CC1OCCCC(C)(C)CC(CC)C(=O)OCC. The predicted molar refractivity (Wildman–Crippen MR) is 167 cm³/mol. The molecule has 2 aliphatic heterocycles. The number of carbonyl (C=O) groups excluding carboxylic acids is 2.